The van der Waals surface area contributed by atoms with Gasteiger partial charge in [0.1, 0.15) is 5.75 Å². The van der Waals surface area contributed by atoms with E-state index in [-0.39, 0.29) is 40.8 Å². The largest absolute Gasteiger partial charge is 0.496 e. The summed E-state index contributed by atoms with van der Waals surface area (Å²) in [5, 5.41) is 14.7. The number of nitro benzene ring substituents is 1. The molecular weight excluding hydrogens is 410 g/mol. The average molecular weight is 446 g/mol. The Labute approximate surface area is 189 Å². The van der Waals surface area contributed by atoms with Crippen molar-refractivity contribution in [3.8, 4) is 11.5 Å². The minimum atomic E-state index is -0.521. The Bertz CT molecular complexity index is 836. The van der Waals surface area contributed by atoms with Gasteiger partial charge in [0.05, 0.1) is 23.7 Å². The van der Waals surface area contributed by atoms with Gasteiger partial charge >= 0.3 is 5.69 Å². The molecule has 2 saturated carbocycles. The van der Waals surface area contributed by atoms with Gasteiger partial charge in [-0.15, -0.1) is 0 Å². The van der Waals surface area contributed by atoms with Gasteiger partial charge in [-0.25, -0.2) is 0 Å². The molecule has 2 bridgehead atoms. The van der Waals surface area contributed by atoms with Gasteiger partial charge in [-0.2, -0.15) is 0 Å². The first kappa shape index (κ1) is 22.8. The van der Waals surface area contributed by atoms with Crippen LogP contribution in [0.4, 0.5) is 5.69 Å². The lowest BCUT2D eigenvalue weighted by Gasteiger charge is -2.47. The van der Waals surface area contributed by atoms with E-state index in [0.717, 1.165) is 31.3 Å². The molecule has 3 aliphatic rings. The highest BCUT2D eigenvalue weighted by atomic mass is 16.6. The zero-order valence-corrected chi connectivity index (χ0v) is 19.3. The highest BCUT2D eigenvalue weighted by Crippen LogP contribution is 2.43. The Morgan fingerprint density at radius 1 is 1.12 bits per heavy atom. The summed E-state index contributed by atoms with van der Waals surface area (Å²) in [4.78, 5) is 26.8. The molecule has 4 rings (SSSR count). The smallest absolute Gasteiger partial charge is 0.312 e. The lowest BCUT2D eigenvalue weighted by Crippen LogP contribution is -2.50. The monoisotopic (exact) mass is 445 g/mol. The van der Waals surface area contributed by atoms with E-state index in [2.05, 4.69) is 10.2 Å². The second-order valence-electron chi connectivity index (χ2n) is 9.77. The number of carbonyl (C=O) groups is 1. The molecule has 1 heterocycles. The van der Waals surface area contributed by atoms with E-state index in [1.165, 1.54) is 57.8 Å². The van der Waals surface area contributed by atoms with E-state index >= 15 is 0 Å². The van der Waals surface area contributed by atoms with Gasteiger partial charge in [0.25, 0.3) is 5.91 Å². The van der Waals surface area contributed by atoms with Crippen molar-refractivity contribution >= 4 is 11.6 Å². The number of fused-ring (bicyclic) bond motifs is 2. The lowest BCUT2D eigenvalue weighted by molar-refractivity contribution is -0.386. The summed E-state index contributed by atoms with van der Waals surface area (Å²) in [6.07, 6.45) is 8.72. The molecule has 1 aliphatic heterocycles. The number of methoxy groups -OCH3 is 1. The first-order valence-corrected chi connectivity index (χ1v) is 11.9. The number of benzene rings is 1. The van der Waals surface area contributed by atoms with Crippen molar-refractivity contribution in [1.29, 1.82) is 0 Å². The van der Waals surface area contributed by atoms with Crippen LogP contribution in [0.2, 0.25) is 0 Å². The quantitative estimate of drug-likeness (QED) is 0.500. The van der Waals surface area contributed by atoms with Crippen molar-refractivity contribution in [3.63, 3.8) is 0 Å². The molecule has 8 nitrogen and oxygen atoms in total. The summed E-state index contributed by atoms with van der Waals surface area (Å²) in [7, 11) is 1.45. The molecule has 1 saturated heterocycles. The van der Waals surface area contributed by atoms with Gasteiger partial charge in [0.2, 0.25) is 5.75 Å². The molecule has 1 atom stereocenters. The molecule has 3 fully saturated rings. The molecule has 2 aliphatic carbocycles. The normalized spacial score (nSPS) is 27.9. The van der Waals surface area contributed by atoms with Gasteiger partial charge in [-0.3, -0.25) is 19.8 Å². The maximum atomic E-state index is 13.1. The third-order valence-corrected chi connectivity index (χ3v) is 7.33. The Morgan fingerprint density at radius 2 is 1.78 bits per heavy atom. The summed E-state index contributed by atoms with van der Waals surface area (Å²) < 4.78 is 11.0. The van der Waals surface area contributed by atoms with Crippen molar-refractivity contribution < 1.29 is 19.2 Å². The van der Waals surface area contributed by atoms with Gasteiger partial charge in [0, 0.05) is 37.3 Å². The van der Waals surface area contributed by atoms with Crippen LogP contribution in [0.3, 0.4) is 0 Å². The van der Waals surface area contributed by atoms with Crippen LogP contribution in [-0.2, 0) is 0 Å². The zero-order chi connectivity index (χ0) is 22.8. The molecule has 32 heavy (non-hydrogen) atoms. The number of hydrogen-bond donors (Lipinski definition) is 1. The van der Waals surface area contributed by atoms with E-state index in [1.54, 1.807) is 13.8 Å². The minimum absolute atomic E-state index is 0.0421. The number of ether oxygens (including phenoxy) is 2. The van der Waals surface area contributed by atoms with Crippen molar-refractivity contribution in [2.24, 2.45) is 11.8 Å². The van der Waals surface area contributed by atoms with Crippen LogP contribution in [0, 0.1) is 22.0 Å². The molecule has 0 radical (unpaired) electrons. The first-order chi connectivity index (χ1) is 15.4. The second kappa shape index (κ2) is 9.65. The van der Waals surface area contributed by atoms with Crippen molar-refractivity contribution in [1.82, 2.24) is 10.2 Å². The zero-order valence-electron chi connectivity index (χ0n) is 19.3. The number of carbonyl (C=O) groups excluding carboxylic acids is 1. The van der Waals surface area contributed by atoms with Gasteiger partial charge in [-0.05, 0) is 57.8 Å². The fourth-order valence-electron chi connectivity index (χ4n) is 6.06. The van der Waals surface area contributed by atoms with Gasteiger partial charge < -0.3 is 14.8 Å². The van der Waals surface area contributed by atoms with Gasteiger partial charge in [0.15, 0.2) is 0 Å². The third kappa shape index (κ3) is 4.70. The van der Waals surface area contributed by atoms with Crippen LogP contribution in [-0.4, -0.2) is 54.1 Å². The summed E-state index contributed by atoms with van der Waals surface area (Å²) in [5.41, 5.74) is -0.0592. The van der Waals surface area contributed by atoms with Crippen molar-refractivity contribution in [2.75, 3.05) is 20.2 Å². The van der Waals surface area contributed by atoms with Crippen LogP contribution in [0.25, 0.3) is 0 Å². The Morgan fingerprint density at radius 3 is 2.34 bits per heavy atom. The number of nitrogens with one attached hydrogen (secondary N) is 1. The molecule has 1 aromatic carbocycles. The van der Waals surface area contributed by atoms with E-state index in [1.807, 2.05) is 0 Å². The predicted molar refractivity (Wildman–Crippen MR) is 121 cm³/mol. The number of nitrogens with zero attached hydrogens (tertiary/aromatic N) is 2. The van der Waals surface area contributed by atoms with Gasteiger partial charge in [-0.1, -0.05) is 12.8 Å². The SMILES string of the molecule is COc1cc(OC(C)C)c([N+](=O)[O-])cc1C(=O)NC1CCN(C2C3CCCC2CCC3)C1. The molecular formula is C24H35N3O5. The van der Waals surface area contributed by atoms with E-state index < -0.39 is 4.92 Å². The van der Waals surface area contributed by atoms with Crippen LogP contribution < -0.4 is 14.8 Å². The molecule has 1 N–H and O–H groups in total. The van der Waals surface area contributed by atoms with E-state index in [0.29, 0.717) is 6.04 Å². The average Bonchev–Trinajstić information content (AvgIpc) is 3.20. The molecule has 0 aromatic heterocycles. The summed E-state index contributed by atoms with van der Waals surface area (Å²) in [6.45, 7) is 5.44. The number of rotatable bonds is 7. The number of hydrogen-bond acceptors (Lipinski definition) is 6. The van der Waals surface area contributed by atoms with Crippen LogP contribution in [0.5, 0.6) is 11.5 Å². The van der Waals surface area contributed by atoms with Crippen molar-refractivity contribution in [3.05, 3.63) is 27.8 Å². The van der Waals surface area contributed by atoms with Crippen molar-refractivity contribution in [2.45, 2.75) is 77.0 Å². The first-order valence-electron chi connectivity index (χ1n) is 11.9. The third-order valence-electron chi connectivity index (χ3n) is 7.33. The molecule has 176 valence electrons. The standard InChI is InChI=1S/C24H35N3O5/c1-15(2)32-22-13-21(31-3)19(12-20(22)27(29)30)24(28)25-18-10-11-26(14-18)23-16-6-4-7-17(23)9-5-8-16/h12-13,15-18,23H,4-11,14H2,1-3H3,(H,25,28). The maximum Gasteiger partial charge on any atom is 0.312 e. The fourth-order valence-corrected chi connectivity index (χ4v) is 6.06. The number of likely N-dealkylation sites (tertiary alicyclic amines) is 1. The molecule has 1 unspecified atom stereocenters. The molecule has 8 heteroatoms. The molecule has 1 amide bonds. The fraction of sp³-hybridized carbons (Fsp3) is 0.708. The summed E-state index contributed by atoms with van der Waals surface area (Å²) in [6, 6.07) is 3.41. The maximum absolute atomic E-state index is 13.1. The Kier molecular flexibility index (Phi) is 6.88. The number of amides is 1. The van der Waals surface area contributed by atoms with Crippen LogP contribution in [0.15, 0.2) is 12.1 Å². The predicted octanol–water partition coefficient (Wildman–Crippen LogP) is 4.16. The Balaban J connectivity index is 1.47. The highest BCUT2D eigenvalue weighted by Gasteiger charge is 2.42. The Hall–Kier alpha value is -2.35. The molecule has 0 spiro atoms. The van der Waals surface area contributed by atoms with Crippen LogP contribution >= 0.6 is 0 Å². The highest BCUT2D eigenvalue weighted by molar-refractivity contribution is 5.98. The van der Waals surface area contributed by atoms with E-state index in [4.69, 9.17) is 9.47 Å². The molecule has 1 aromatic rings. The second-order valence-corrected chi connectivity index (χ2v) is 9.77. The van der Waals surface area contributed by atoms with E-state index in [9.17, 15) is 14.9 Å². The summed E-state index contributed by atoms with van der Waals surface area (Å²) >= 11 is 0. The van der Waals surface area contributed by atoms with Crippen LogP contribution in [0.1, 0.15) is 69.2 Å². The lowest BCUT2D eigenvalue weighted by atomic mass is 9.68. The number of nitro groups is 1. The minimum Gasteiger partial charge on any atom is -0.496 e. The topological polar surface area (TPSA) is 93.9 Å². The summed E-state index contributed by atoms with van der Waals surface area (Å²) in [5.74, 6) is 1.65.